The first-order valence-corrected chi connectivity index (χ1v) is 9.74. The number of nitrogens with one attached hydrogen (secondary N) is 1. The summed E-state index contributed by atoms with van der Waals surface area (Å²) in [5.41, 5.74) is 1.18. The Balaban J connectivity index is 1.89. The van der Waals surface area contributed by atoms with E-state index in [1.807, 2.05) is 6.92 Å². The molecule has 9 heteroatoms. The molecule has 0 spiro atoms. The molecule has 0 saturated heterocycles. The summed E-state index contributed by atoms with van der Waals surface area (Å²) in [6.07, 6.45) is 0. The maximum atomic E-state index is 13.7. The molecular formula is C15H14BrFN4OS2. The van der Waals surface area contributed by atoms with E-state index < -0.39 is 0 Å². The Morgan fingerprint density at radius 1 is 1.33 bits per heavy atom. The Morgan fingerprint density at radius 2 is 2.12 bits per heavy atom. The summed E-state index contributed by atoms with van der Waals surface area (Å²) < 4.78 is 15.3. The number of aliphatic hydroxyl groups excluding tert-OH is 1. The average molecular weight is 429 g/mol. The summed E-state index contributed by atoms with van der Waals surface area (Å²) in [4.78, 5) is 13.3. The minimum Gasteiger partial charge on any atom is -0.394 e. The van der Waals surface area contributed by atoms with Crippen LogP contribution < -0.4 is 5.32 Å². The number of anilines is 1. The quantitative estimate of drug-likeness (QED) is 0.455. The van der Waals surface area contributed by atoms with E-state index in [9.17, 15) is 9.50 Å². The molecule has 0 fully saturated rings. The van der Waals surface area contributed by atoms with Gasteiger partial charge in [0, 0.05) is 11.8 Å². The fourth-order valence-electron chi connectivity index (χ4n) is 1.98. The monoisotopic (exact) mass is 428 g/mol. The molecule has 0 amide bonds. The number of aromatic nitrogens is 3. The number of benzene rings is 1. The van der Waals surface area contributed by atoms with Crippen molar-refractivity contribution >= 4 is 55.2 Å². The van der Waals surface area contributed by atoms with Crippen molar-refractivity contribution in [2.45, 2.75) is 23.9 Å². The Bertz CT molecular complexity index is 861. The molecule has 0 aliphatic rings. The highest BCUT2D eigenvalue weighted by atomic mass is 79.9. The second-order valence-corrected chi connectivity index (χ2v) is 8.30. The SMILES string of the molecule is C[C@H](CO)Nc1nc(SCc2ccccc2F)nc2nc(Br)sc12. The van der Waals surface area contributed by atoms with Crippen LogP contribution in [0.25, 0.3) is 10.3 Å². The van der Waals surface area contributed by atoms with Gasteiger partial charge in [-0.2, -0.15) is 0 Å². The zero-order valence-corrected chi connectivity index (χ0v) is 15.9. The van der Waals surface area contributed by atoms with Crippen LogP contribution in [0, 0.1) is 5.82 Å². The van der Waals surface area contributed by atoms with Gasteiger partial charge in [-0.25, -0.2) is 19.3 Å². The van der Waals surface area contributed by atoms with Crippen molar-refractivity contribution in [3.8, 4) is 0 Å². The van der Waals surface area contributed by atoms with Crippen molar-refractivity contribution in [2.75, 3.05) is 11.9 Å². The van der Waals surface area contributed by atoms with E-state index >= 15 is 0 Å². The fraction of sp³-hybridized carbons (Fsp3) is 0.267. The van der Waals surface area contributed by atoms with Crippen molar-refractivity contribution in [3.63, 3.8) is 0 Å². The third-order valence-corrected chi connectivity index (χ3v) is 5.58. The number of nitrogens with zero attached hydrogens (tertiary/aromatic N) is 3. The minimum atomic E-state index is -0.241. The largest absolute Gasteiger partial charge is 0.394 e. The van der Waals surface area contributed by atoms with Crippen LogP contribution in [0.3, 0.4) is 0 Å². The molecule has 2 N–H and O–H groups in total. The van der Waals surface area contributed by atoms with Crippen molar-refractivity contribution in [1.82, 2.24) is 15.0 Å². The Labute approximate surface area is 154 Å². The van der Waals surface area contributed by atoms with Gasteiger partial charge in [0.05, 0.1) is 6.61 Å². The van der Waals surface area contributed by atoms with Crippen molar-refractivity contribution in [1.29, 1.82) is 0 Å². The average Bonchev–Trinajstić information content (AvgIpc) is 2.94. The molecule has 3 aromatic rings. The zero-order chi connectivity index (χ0) is 17.1. The minimum absolute atomic E-state index is 0.0107. The zero-order valence-electron chi connectivity index (χ0n) is 12.7. The Kier molecular flexibility index (Phi) is 5.65. The molecule has 24 heavy (non-hydrogen) atoms. The highest BCUT2D eigenvalue weighted by molar-refractivity contribution is 9.11. The van der Waals surface area contributed by atoms with Gasteiger partial charge in [0.1, 0.15) is 10.5 Å². The molecule has 1 aromatic carbocycles. The predicted octanol–water partition coefficient (Wildman–Crippen LogP) is 4.07. The lowest BCUT2D eigenvalue weighted by atomic mass is 10.2. The predicted molar refractivity (Wildman–Crippen MR) is 99.0 cm³/mol. The molecule has 126 valence electrons. The Morgan fingerprint density at radius 3 is 2.88 bits per heavy atom. The fourth-order valence-corrected chi connectivity index (χ4v) is 4.14. The van der Waals surface area contributed by atoms with E-state index in [1.165, 1.54) is 29.2 Å². The number of thiazole rings is 1. The number of thioether (sulfide) groups is 1. The van der Waals surface area contributed by atoms with E-state index in [0.717, 1.165) is 4.70 Å². The van der Waals surface area contributed by atoms with Crippen LogP contribution in [-0.2, 0) is 5.75 Å². The topological polar surface area (TPSA) is 70.9 Å². The number of halogens is 2. The summed E-state index contributed by atoms with van der Waals surface area (Å²) >= 11 is 6.13. The third-order valence-electron chi connectivity index (χ3n) is 3.18. The van der Waals surface area contributed by atoms with Gasteiger partial charge in [0.25, 0.3) is 0 Å². The first-order valence-electron chi connectivity index (χ1n) is 7.14. The molecule has 0 bridgehead atoms. The standard InChI is InChI=1S/C15H14BrFN4OS2/c1-8(6-22)18-12-11-13(19-14(16)24-11)21-15(20-12)23-7-9-4-2-3-5-10(9)17/h2-5,8,22H,6-7H2,1H3,(H,18,20,21)/t8-/m1/s1. The molecule has 1 atom stereocenters. The van der Waals surface area contributed by atoms with Crippen molar-refractivity contribution < 1.29 is 9.50 Å². The highest BCUT2D eigenvalue weighted by Gasteiger charge is 2.15. The van der Waals surface area contributed by atoms with Gasteiger partial charge in [-0.3, -0.25) is 0 Å². The second-order valence-electron chi connectivity index (χ2n) is 5.08. The molecular weight excluding hydrogens is 415 g/mol. The molecule has 5 nitrogen and oxygen atoms in total. The van der Waals surface area contributed by atoms with E-state index in [4.69, 9.17) is 0 Å². The molecule has 0 saturated carbocycles. The number of hydrogen-bond acceptors (Lipinski definition) is 7. The van der Waals surface area contributed by atoms with Gasteiger partial charge in [-0.1, -0.05) is 30.0 Å². The summed E-state index contributed by atoms with van der Waals surface area (Å²) in [6.45, 7) is 1.85. The number of rotatable bonds is 6. The first-order chi connectivity index (χ1) is 11.6. The lowest BCUT2D eigenvalue weighted by Gasteiger charge is -2.12. The molecule has 2 aromatic heterocycles. The van der Waals surface area contributed by atoms with E-state index in [1.54, 1.807) is 18.2 Å². The highest BCUT2D eigenvalue weighted by Crippen LogP contribution is 2.33. The molecule has 0 unspecified atom stereocenters. The smallest absolute Gasteiger partial charge is 0.191 e. The van der Waals surface area contributed by atoms with Crippen LogP contribution in [0.1, 0.15) is 12.5 Å². The summed E-state index contributed by atoms with van der Waals surface area (Å²) in [6, 6.07) is 6.50. The second kappa shape index (κ2) is 7.73. The van der Waals surface area contributed by atoms with Crippen LogP contribution in [0.15, 0.2) is 33.3 Å². The van der Waals surface area contributed by atoms with Gasteiger partial charge < -0.3 is 10.4 Å². The molecule has 3 rings (SSSR count). The van der Waals surface area contributed by atoms with Crippen LogP contribution in [0.4, 0.5) is 10.2 Å². The first kappa shape index (κ1) is 17.5. The number of aliphatic hydroxyl groups is 1. The number of fused-ring (bicyclic) bond motifs is 1. The van der Waals surface area contributed by atoms with Gasteiger partial charge in [0.2, 0.25) is 0 Å². The number of hydrogen-bond donors (Lipinski definition) is 2. The van der Waals surface area contributed by atoms with Crippen LogP contribution in [-0.4, -0.2) is 32.7 Å². The van der Waals surface area contributed by atoms with E-state index in [2.05, 4.69) is 36.2 Å². The van der Waals surface area contributed by atoms with Crippen LogP contribution >= 0.6 is 39.0 Å². The summed E-state index contributed by atoms with van der Waals surface area (Å²) in [5, 5.41) is 12.9. The van der Waals surface area contributed by atoms with Gasteiger partial charge in [-0.15, -0.1) is 11.3 Å². The van der Waals surface area contributed by atoms with E-state index in [0.29, 0.717) is 31.9 Å². The van der Waals surface area contributed by atoms with Crippen molar-refractivity contribution in [3.05, 3.63) is 39.6 Å². The maximum Gasteiger partial charge on any atom is 0.191 e. The molecule has 0 aliphatic heterocycles. The lowest BCUT2D eigenvalue weighted by molar-refractivity contribution is 0.281. The van der Waals surface area contributed by atoms with Gasteiger partial charge >= 0.3 is 0 Å². The van der Waals surface area contributed by atoms with Crippen LogP contribution in [0.5, 0.6) is 0 Å². The Hall–Kier alpha value is -1.29. The third kappa shape index (κ3) is 4.02. The van der Waals surface area contributed by atoms with E-state index in [-0.39, 0.29) is 18.5 Å². The van der Waals surface area contributed by atoms with Crippen molar-refractivity contribution in [2.24, 2.45) is 0 Å². The molecule has 2 heterocycles. The van der Waals surface area contributed by atoms with Crippen LogP contribution in [0.2, 0.25) is 0 Å². The van der Waals surface area contributed by atoms with Gasteiger partial charge in [0.15, 0.2) is 20.5 Å². The lowest BCUT2D eigenvalue weighted by Crippen LogP contribution is -2.20. The normalized spacial score (nSPS) is 12.5. The summed E-state index contributed by atoms with van der Waals surface area (Å²) in [7, 11) is 0. The summed E-state index contributed by atoms with van der Waals surface area (Å²) in [5.74, 6) is 0.814. The van der Waals surface area contributed by atoms with Gasteiger partial charge in [-0.05, 0) is 34.5 Å². The molecule has 0 aliphatic carbocycles. The maximum absolute atomic E-state index is 13.7. The molecule has 0 radical (unpaired) electrons.